The predicted octanol–water partition coefficient (Wildman–Crippen LogP) is 6.07. The highest BCUT2D eigenvalue weighted by Gasteiger charge is 2.56. The Kier molecular flexibility index (Phi) is 5.94. The number of rotatable bonds is 5. The molecule has 5 saturated carbocycles. The Labute approximate surface area is 227 Å². The zero-order chi connectivity index (χ0) is 25.9. The van der Waals surface area contributed by atoms with E-state index in [0.717, 1.165) is 74.7 Å². The van der Waals surface area contributed by atoms with Crippen molar-refractivity contribution in [3.05, 3.63) is 71.3 Å². The summed E-state index contributed by atoms with van der Waals surface area (Å²) in [5.41, 5.74) is 3.18. The van der Waals surface area contributed by atoms with Crippen LogP contribution < -0.4 is 5.32 Å². The van der Waals surface area contributed by atoms with Crippen molar-refractivity contribution in [1.82, 2.24) is 10.2 Å². The van der Waals surface area contributed by atoms with Crippen LogP contribution in [-0.2, 0) is 29.0 Å². The minimum Gasteiger partial charge on any atom is -0.349 e. The van der Waals surface area contributed by atoms with Gasteiger partial charge in [-0.2, -0.15) is 0 Å². The predicted molar refractivity (Wildman–Crippen MR) is 149 cm³/mol. The first kappa shape index (κ1) is 24.4. The number of nitrogens with one attached hydrogen (secondary N) is 1. The van der Waals surface area contributed by atoms with E-state index in [1.165, 1.54) is 30.4 Å². The van der Waals surface area contributed by atoms with Gasteiger partial charge in [-0.05, 0) is 117 Å². The molecule has 0 unspecified atom stereocenters. The molecule has 2 amide bonds. The van der Waals surface area contributed by atoms with Gasteiger partial charge < -0.3 is 10.2 Å². The van der Waals surface area contributed by atoms with Gasteiger partial charge in [0.15, 0.2) is 0 Å². The highest BCUT2D eigenvalue weighted by atomic mass is 16.2. The largest absolute Gasteiger partial charge is 0.349 e. The van der Waals surface area contributed by atoms with Crippen molar-refractivity contribution in [3.8, 4) is 0 Å². The zero-order valence-electron chi connectivity index (χ0n) is 22.8. The third kappa shape index (κ3) is 4.19. The molecule has 0 spiro atoms. The number of benzene rings is 2. The van der Waals surface area contributed by atoms with Crippen molar-refractivity contribution < 1.29 is 9.59 Å². The molecule has 0 heterocycles. The van der Waals surface area contributed by atoms with Gasteiger partial charge in [-0.25, -0.2) is 0 Å². The second-order valence-corrected chi connectivity index (χ2v) is 13.7. The van der Waals surface area contributed by atoms with Crippen LogP contribution in [0.5, 0.6) is 0 Å². The van der Waals surface area contributed by atoms with Crippen LogP contribution in [0.15, 0.2) is 54.6 Å². The first-order valence-corrected chi connectivity index (χ1v) is 15.1. The van der Waals surface area contributed by atoms with E-state index in [1.54, 1.807) is 6.92 Å². The minimum atomic E-state index is -0.779. The standard InChI is InChI=1S/C34H42N2O2/c1-23(37)36(22-24-7-3-2-4-8-24)34(12-11-30-16-28-9-5-6-10-29(28)17-31(30)21-34)32(38)35-33-18-25-13-26(19-33)15-27(14-25)20-33/h2-10,25-27,30-31H,11-22H2,1H3,(H,35,38)/t25?,26?,27?,30-,31+,33?,34+/m0/s1. The third-order valence-electron chi connectivity index (χ3n) is 11.2. The fourth-order valence-corrected chi connectivity index (χ4v) is 9.92. The molecular weight excluding hydrogens is 468 g/mol. The first-order chi connectivity index (χ1) is 18.4. The Hall–Kier alpha value is -2.62. The van der Waals surface area contributed by atoms with E-state index in [1.807, 2.05) is 23.1 Å². The molecule has 0 saturated heterocycles. The summed E-state index contributed by atoms with van der Waals surface area (Å²) in [6.07, 6.45) is 12.2. The molecule has 5 fully saturated rings. The summed E-state index contributed by atoms with van der Waals surface area (Å²) >= 11 is 0. The zero-order valence-corrected chi connectivity index (χ0v) is 22.8. The van der Waals surface area contributed by atoms with Gasteiger partial charge in [0.2, 0.25) is 11.8 Å². The average molecular weight is 511 g/mol. The number of carbonyl (C=O) groups is 2. The lowest BCUT2D eigenvalue weighted by Gasteiger charge is -2.58. The smallest absolute Gasteiger partial charge is 0.246 e. The Morgan fingerprint density at radius 2 is 1.39 bits per heavy atom. The van der Waals surface area contributed by atoms with Crippen LogP contribution in [0.2, 0.25) is 0 Å². The molecule has 6 aliphatic carbocycles. The van der Waals surface area contributed by atoms with Crippen molar-refractivity contribution in [3.63, 3.8) is 0 Å². The van der Waals surface area contributed by atoms with Crippen molar-refractivity contribution >= 4 is 11.8 Å². The van der Waals surface area contributed by atoms with E-state index in [9.17, 15) is 9.59 Å². The second kappa shape index (κ2) is 9.24. The maximum absolute atomic E-state index is 14.8. The molecule has 0 radical (unpaired) electrons. The number of hydrogen-bond acceptors (Lipinski definition) is 2. The molecule has 4 bridgehead atoms. The summed E-state index contributed by atoms with van der Waals surface area (Å²) in [6, 6.07) is 19.1. The van der Waals surface area contributed by atoms with Gasteiger partial charge in [0.1, 0.15) is 5.54 Å². The number of amides is 2. The van der Waals surface area contributed by atoms with Crippen LogP contribution >= 0.6 is 0 Å². The molecule has 4 heteroatoms. The number of hydrogen-bond donors (Lipinski definition) is 1. The molecule has 1 N–H and O–H groups in total. The molecule has 8 rings (SSSR count). The van der Waals surface area contributed by atoms with Crippen LogP contribution in [0.1, 0.15) is 81.4 Å². The minimum absolute atomic E-state index is 0.0178. The van der Waals surface area contributed by atoms with Gasteiger partial charge >= 0.3 is 0 Å². The van der Waals surface area contributed by atoms with E-state index in [4.69, 9.17) is 0 Å². The Bertz CT molecular complexity index is 1190. The normalized spacial score (nSPS) is 36.7. The first-order valence-electron chi connectivity index (χ1n) is 15.1. The van der Waals surface area contributed by atoms with Crippen LogP contribution in [-0.4, -0.2) is 27.8 Å². The Balaban J connectivity index is 1.23. The summed E-state index contributed by atoms with van der Waals surface area (Å²) in [6.45, 7) is 2.17. The number of fused-ring (bicyclic) bond motifs is 2. The topological polar surface area (TPSA) is 49.4 Å². The summed E-state index contributed by atoms with van der Waals surface area (Å²) in [7, 11) is 0. The molecule has 0 aliphatic heterocycles. The van der Waals surface area contributed by atoms with Gasteiger partial charge in [0.25, 0.3) is 0 Å². The molecule has 4 nitrogen and oxygen atoms in total. The van der Waals surface area contributed by atoms with Crippen LogP contribution in [0.25, 0.3) is 0 Å². The maximum atomic E-state index is 14.8. The van der Waals surface area contributed by atoms with Gasteiger partial charge in [-0.3, -0.25) is 9.59 Å². The summed E-state index contributed by atoms with van der Waals surface area (Å²) in [4.78, 5) is 30.1. The molecule has 2 aromatic rings. The lowest BCUT2D eigenvalue weighted by atomic mass is 9.52. The highest BCUT2D eigenvalue weighted by molar-refractivity contribution is 5.91. The molecular formula is C34H42N2O2. The fraction of sp³-hybridized carbons (Fsp3) is 0.588. The van der Waals surface area contributed by atoms with Gasteiger partial charge in [0.05, 0.1) is 0 Å². The highest BCUT2D eigenvalue weighted by Crippen LogP contribution is 2.56. The molecule has 6 aliphatic rings. The SMILES string of the molecule is CC(=O)N(Cc1ccccc1)[C@]1(C(=O)NC23CC4CC(CC(C4)C2)C3)CC[C@H]2Cc3ccccc3C[C@@H]2C1. The van der Waals surface area contributed by atoms with E-state index < -0.39 is 5.54 Å². The molecule has 0 aromatic heterocycles. The molecule has 200 valence electrons. The average Bonchev–Trinajstić information content (AvgIpc) is 2.89. The summed E-state index contributed by atoms with van der Waals surface area (Å²) < 4.78 is 0. The monoisotopic (exact) mass is 510 g/mol. The summed E-state index contributed by atoms with van der Waals surface area (Å²) in [5.74, 6) is 3.50. The molecule has 3 atom stereocenters. The maximum Gasteiger partial charge on any atom is 0.246 e. The van der Waals surface area contributed by atoms with Crippen molar-refractivity contribution in [2.75, 3.05) is 0 Å². The van der Waals surface area contributed by atoms with Crippen molar-refractivity contribution in [2.45, 2.75) is 95.2 Å². The lowest BCUT2D eigenvalue weighted by molar-refractivity contribution is -0.156. The molecule has 2 aromatic carbocycles. The summed E-state index contributed by atoms with van der Waals surface area (Å²) in [5, 5.41) is 3.74. The Morgan fingerprint density at radius 1 is 0.816 bits per heavy atom. The Morgan fingerprint density at radius 3 is 2.00 bits per heavy atom. The quantitative estimate of drug-likeness (QED) is 0.530. The van der Waals surface area contributed by atoms with Gasteiger partial charge in [0, 0.05) is 19.0 Å². The number of carbonyl (C=O) groups excluding carboxylic acids is 2. The third-order valence-corrected chi connectivity index (χ3v) is 11.2. The van der Waals surface area contributed by atoms with E-state index >= 15 is 0 Å². The van der Waals surface area contributed by atoms with Crippen LogP contribution in [0.4, 0.5) is 0 Å². The van der Waals surface area contributed by atoms with Crippen molar-refractivity contribution in [2.24, 2.45) is 29.6 Å². The van der Waals surface area contributed by atoms with Crippen molar-refractivity contribution in [1.29, 1.82) is 0 Å². The second-order valence-electron chi connectivity index (χ2n) is 13.7. The fourth-order valence-electron chi connectivity index (χ4n) is 9.92. The van der Waals surface area contributed by atoms with E-state index in [-0.39, 0.29) is 17.4 Å². The van der Waals surface area contributed by atoms with Gasteiger partial charge in [-0.1, -0.05) is 54.6 Å². The van der Waals surface area contributed by atoms with Crippen LogP contribution in [0.3, 0.4) is 0 Å². The number of nitrogens with zero attached hydrogens (tertiary/aromatic N) is 1. The van der Waals surface area contributed by atoms with E-state index in [2.05, 4.69) is 41.7 Å². The van der Waals surface area contributed by atoms with Crippen LogP contribution in [0, 0.1) is 29.6 Å². The molecule has 38 heavy (non-hydrogen) atoms. The van der Waals surface area contributed by atoms with Gasteiger partial charge in [-0.15, -0.1) is 0 Å². The lowest BCUT2D eigenvalue weighted by Crippen LogP contribution is -2.68. The van der Waals surface area contributed by atoms with E-state index in [0.29, 0.717) is 18.4 Å².